The van der Waals surface area contributed by atoms with E-state index in [0.717, 1.165) is 37.3 Å². The number of hydrogen-bond acceptors (Lipinski definition) is 3. The molecule has 1 aliphatic heterocycles. The zero-order valence-electron chi connectivity index (χ0n) is 13.3. The van der Waals surface area contributed by atoms with Crippen molar-refractivity contribution in [1.82, 2.24) is 0 Å². The Hall–Kier alpha value is -2.47. The fourth-order valence-corrected chi connectivity index (χ4v) is 2.75. The van der Waals surface area contributed by atoms with Gasteiger partial charge in [-0.3, -0.25) is 4.79 Å². The van der Waals surface area contributed by atoms with E-state index in [0.29, 0.717) is 5.69 Å². The summed E-state index contributed by atoms with van der Waals surface area (Å²) in [5.41, 5.74) is 1.72. The average molecular weight is 332 g/mol. The zero-order chi connectivity index (χ0) is 17.1. The molecule has 1 N–H and O–H groups in total. The highest BCUT2D eigenvalue weighted by molar-refractivity contribution is 6.04. The van der Waals surface area contributed by atoms with Gasteiger partial charge in [0, 0.05) is 37.1 Å². The van der Waals surface area contributed by atoms with E-state index in [1.165, 1.54) is 6.07 Å². The molecule has 24 heavy (non-hydrogen) atoms. The van der Waals surface area contributed by atoms with E-state index >= 15 is 0 Å². The van der Waals surface area contributed by atoms with Crippen LogP contribution in [0, 0.1) is 11.6 Å². The molecule has 1 unspecified atom stereocenters. The van der Waals surface area contributed by atoms with Crippen LogP contribution in [0.1, 0.15) is 16.8 Å². The highest BCUT2D eigenvalue weighted by atomic mass is 19.2. The van der Waals surface area contributed by atoms with Gasteiger partial charge in [-0.05, 0) is 48.9 Å². The third-order valence-electron chi connectivity index (χ3n) is 4.15. The molecule has 2 aromatic rings. The van der Waals surface area contributed by atoms with Gasteiger partial charge in [-0.25, -0.2) is 8.78 Å². The topological polar surface area (TPSA) is 41.6 Å². The quantitative estimate of drug-likeness (QED) is 0.932. The molecule has 0 aromatic heterocycles. The maximum Gasteiger partial charge on any atom is 0.255 e. The van der Waals surface area contributed by atoms with Crippen LogP contribution in [0.3, 0.4) is 0 Å². The van der Waals surface area contributed by atoms with Crippen LogP contribution >= 0.6 is 0 Å². The SMILES string of the molecule is COC1CCN(c2ccc(NC(=O)c3ccc(F)c(F)c3)cc2)C1. The van der Waals surface area contributed by atoms with Crippen molar-refractivity contribution in [3.05, 3.63) is 59.7 Å². The minimum absolute atomic E-state index is 0.0699. The molecule has 126 valence electrons. The van der Waals surface area contributed by atoms with Crippen molar-refractivity contribution in [3.8, 4) is 0 Å². The van der Waals surface area contributed by atoms with Crippen molar-refractivity contribution in [2.24, 2.45) is 0 Å². The lowest BCUT2D eigenvalue weighted by molar-refractivity contribution is 0.102. The van der Waals surface area contributed by atoms with Gasteiger partial charge in [-0.15, -0.1) is 0 Å². The number of carbonyl (C=O) groups excluding carboxylic acids is 1. The van der Waals surface area contributed by atoms with Crippen LogP contribution in [0.15, 0.2) is 42.5 Å². The van der Waals surface area contributed by atoms with E-state index < -0.39 is 17.5 Å². The Kier molecular flexibility index (Phi) is 4.76. The first kappa shape index (κ1) is 16.4. The van der Waals surface area contributed by atoms with Gasteiger partial charge in [0.05, 0.1) is 6.10 Å². The molecule has 6 heteroatoms. The Morgan fingerprint density at radius 2 is 1.92 bits per heavy atom. The summed E-state index contributed by atoms with van der Waals surface area (Å²) in [6.07, 6.45) is 1.24. The lowest BCUT2D eigenvalue weighted by Crippen LogP contribution is -2.22. The van der Waals surface area contributed by atoms with Gasteiger partial charge in [-0.2, -0.15) is 0 Å². The number of amides is 1. The number of hydrogen-bond donors (Lipinski definition) is 1. The largest absolute Gasteiger partial charge is 0.380 e. The fourth-order valence-electron chi connectivity index (χ4n) is 2.75. The van der Waals surface area contributed by atoms with Gasteiger partial charge < -0.3 is 15.0 Å². The Labute approximate surface area is 139 Å². The number of rotatable bonds is 4. The number of carbonyl (C=O) groups is 1. The van der Waals surface area contributed by atoms with Crippen LogP contribution in [0.5, 0.6) is 0 Å². The molecule has 0 bridgehead atoms. The first-order chi connectivity index (χ1) is 11.6. The van der Waals surface area contributed by atoms with Crippen LogP contribution < -0.4 is 10.2 Å². The van der Waals surface area contributed by atoms with E-state index in [9.17, 15) is 13.6 Å². The van der Waals surface area contributed by atoms with Crippen LogP contribution in [0.2, 0.25) is 0 Å². The minimum atomic E-state index is -1.04. The smallest absolute Gasteiger partial charge is 0.255 e. The first-order valence-corrected chi connectivity index (χ1v) is 7.71. The summed E-state index contributed by atoms with van der Waals surface area (Å²) in [4.78, 5) is 14.3. The summed E-state index contributed by atoms with van der Waals surface area (Å²) >= 11 is 0. The molecule has 1 saturated heterocycles. The minimum Gasteiger partial charge on any atom is -0.380 e. The van der Waals surface area contributed by atoms with Gasteiger partial charge in [0.2, 0.25) is 0 Å². The molecule has 1 aliphatic rings. The molecule has 0 saturated carbocycles. The molecule has 0 aliphatic carbocycles. The van der Waals surface area contributed by atoms with Crippen LogP contribution in [-0.4, -0.2) is 32.2 Å². The molecule has 2 aromatic carbocycles. The summed E-state index contributed by atoms with van der Waals surface area (Å²) in [6.45, 7) is 1.77. The summed E-state index contributed by atoms with van der Waals surface area (Å²) in [5, 5.41) is 2.67. The summed E-state index contributed by atoms with van der Waals surface area (Å²) in [7, 11) is 1.71. The van der Waals surface area contributed by atoms with E-state index in [-0.39, 0.29) is 11.7 Å². The van der Waals surface area contributed by atoms with Crippen molar-refractivity contribution in [2.45, 2.75) is 12.5 Å². The van der Waals surface area contributed by atoms with E-state index in [1.807, 2.05) is 12.1 Å². The number of nitrogens with zero attached hydrogens (tertiary/aromatic N) is 1. The van der Waals surface area contributed by atoms with E-state index in [1.54, 1.807) is 19.2 Å². The Morgan fingerprint density at radius 1 is 1.17 bits per heavy atom. The van der Waals surface area contributed by atoms with Gasteiger partial charge >= 0.3 is 0 Å². The molecule has 1 heterocycles. The zero-order valence-corrected chi connectivity index (χ0v) is 13.3. The van der Waals surface area contributed by atoms with Crippen molar-refractivity contribution in [2.75, 3.05) is 30.4 Å². The number of nitrogens with one attached hydrogen (secondary N) is 1. The number of methoxy groups -OCH3 is 1. The highest BCUT2D eigenvalue weighted by Crippen LogP contribution is 2.23. The average Bonchev–Trinajstić information content (AvgIpc) is 3.07. The fraction of sp³-hybridized carbons (Fsp3) is 0.278. The monoisotopic (exact) mass is 332 g/mol. The number of benzene rings is 2. The summed E-state index contributed by atoms with van der Waals surface area (Å²) < 4.78 is 31.5. The molecule has 1 amide bonds. The third-order valence-corrected chi connectivity index (χ3v) is 4.15. The van der Waals surface area contributed by atoms with Crippen molar-refractivity contribution in [3.63, 3.8) is 0 Å². The third kappa shape index (κ3) is 3.54. The molecular formula is C18H18F2N2O2. The second-order valence-electron chi connectivity index (χ2n) is 5.72. The Balaban J connectivity index is 1.65. The van der Waals surface area contributed by atoms with Gasteiger partial charge in [-0.1, -0.05) is 0 Å². The maximum atomic E-state index is 13.2. The Morgan fingerprint density at radius 3 is 2.54 bits per heavy atom. The molecule has 4 nitrogen and oxygen atoms in total. The van der Waals surface area contributed by atoms with Crippen molar-refractivity contribution in [1.29, 1.82) is 0 Å². The standard InChI is InChI=1S/C18H18F2N2O2/c1-24-15-8-9-22(11-15)14-5-3-13(4-6-14)21-18(23)12-2-7-16(19)17(20)10-12/h2-7,10,15H,8-9,11H2,1H3,(H,21,23). The first-order valence-electron chi connectivity index (χ1n) is 7.71. The van der Waals surface area contributed by atoms with Gasteiger partial charge in [0.25, 0.3) is 5.91 Å². The van der Waals surface area contributed by atoms with Gasteiger partial charge in [0.15, 0.2) is 11.6 Å². The molecule has 3 rings (SSSR count). The molecule has 0 spiro atoms. The molecule has 1 atom stereocenters. The number of anilines is 2. The number of halogens is 2. The normalized spacial score (nSPS) is 17.1. The predicted molar refractivity (Wildman–Crippen MR) is 88.4 cm³/mol. The summed E-state index contributed by atoms with van der Waals surface area (Å²) in [6, 6.07) is 10.5. The predicted octanol–water partition coefficient (Wildman–Crippen LogP) is 3.44. The van der Waals surface area contributed by atoms with E-state index in [4.69, 9.17) is 4.74 Å². The second kappa shape index (κ2) is 6.97. The lowest BCUT2D eigenvalue weighted by Gasteiger charge is -2.18. The van der Waals surface area contributed by atoms with Crippen molar-refractivity contribution >= 4 is 17.3 Å². The molecule has 0 radical (unpaired) electrons. The molecular weight excluding hydrogens is 314 g/mol. The van der Waals surface area contributed by atoms with Crippen LogP contribution in [0.25, 0.3) is 0 Å². The van der Waals surface area contributed by atoms with Crippen molar-refractivity contribution < 1.29 is 18.3 Å². The van der Waals surface area contributed by atoms with E-state index in [2.05, 4.69) is 10.2 Å². The lowest BCUT2D eigenvalue weighted by atomic mass is 10.2. The Bertz CT molecular complexity index is 734. The number of ether oxygens (including phenoxy) is 1. The second-order valence-corrected chi connectivity index (χ2v) is 5.72. The van der Waals surface area contributed by atoms with Crippen LogP contribution in [-0.2, 0) is 4.74 Å². The maximum absolute atomic E-state index is 13.2. The molecule has 1 fully saturated rings. The highest BCUT2D eigenvalue weighted by Gasteiger charge is 2.22. The summed E-state index contributed by atoms with van der Waals surface area (Å²) in [5.74, 6) is -2.50. The van der Waals surface area contributed by atoms with Crippen LogP contribution in [0.4, 0.5) is 20.2 Å². The van der Waals surface area contributed by atoms with Gasteiger partial charge in [0.1, 0.15) is 0 Å².